The molecule has 1 aromatic rings. The Hall–Kier alpha value is -1.09. The molecule has 1 rings (SSSR count). The van der Waals surface area contributed by atoms with Crippen LogP contribution in [0.15, 0.2) is 12.1 Å². The van der Waals surface area contributed by atoms with Crippen LogP contribution in [0.1, 0.15) is 30.4 Å². The average molecular weight is 231 g/mol. The number of carboxylic acids is 1. The summed E-state index contributed by atoms with van der Waals surface area (Å²) in [6, 6.07) is 3.12. The smallest absolute Gasteiger partial charge is 0.303 e. The van der Waals surface area contributed by atoms with Crippen LogP contribution in [0, 0.1) is 12.7 Å². The molecule has 0 aromatic heterocycles. The summed E-state index contributed by atoms with van der Waals surface area (Å²) in [6.07, 6.45) is 0.0153. The van der Waals surface area contributed by atoms with E-state index in [0.717, 1.165) is 5.56 Å². The molecule has 0 bridgehead atoms. The van der Waals surface area contributed by atoms with E-state index in [4.69, 9.17) is 16.7 Å². The molecule has 0 fully saturated rings. The van der Waals surface area contributed by atoms with Crippen molar-refractivity contribution in [2.75, 3.05) is 0 Å². The number of halogens is 2. The van der Waals surface area contributed by atoms with Crippen LogP contribution in [0.25, 0.3) is 0 Å². The van der Waals surface area contributed by atoms with Crippen molar-refractivity contribution in [2.45, 2.75) is 26.2 Å². The molecule has 1 N–H and O–H groups in total. The lowest BCUT2D eigenvalue weighted by atomic mass is 9.96. The summed E-state index contributed by atoms with van der Waals surface area (Å²) in [5.74, 6) is -1.48. The SMILES string of the molecule is Cc1cc(C(C)CC(=O)O)cc(Cl)c1F. The molecular formula is C11H12ClFO2. The van der Waals surface area contributed by atoms with Gasteiger partial charge in [0.15, 0.2) is 0 Å². The van der Waals surface area contributed by atoms with Crippen LogP contribution in [0.4, 0.5) is 4.39 Å². The second-order valence-electron chi connectivity index (χ2n) is 3.63. The van der Waals surface area contributed by atoms with Crippen LogP contribution in [-0.2, 0) is 4.79 Å². The van der Waals surface area contributed by atoms with E-state index < -0.39 is 11.8 Å². The number of carbonyl (C=O) groups is 1. The zero-order chi connectivity index (χ0) is 11.6. The summed E-state index contributed by atoms with van der Waals surface area (Å²) >= 11 is 5.68. The van der Waals surface area contributed by atoms with Gasteiger partial charge in [0.1, 0.15) is 5.82 Å². The topological polar surface area (TPSA) is 37.3 Å². The predicted molar refractivity (Wildman–Crippen MR) is 56.8 cm³/mol. The molecule has 0 amide bonds. The molecule has 0 saturated heterocycles. The maximum absolute atomic E-state index is 13.2. The molecule has 0 aliphatic carbocycles. The van der Waals surface area contributed by atoms with Gasteiger partial charge >= 0.3 is 5.97 Å². The first-order valence-electron chi connectivity index (χ1n) is 4.59. The highest BCUT2D eigenvalue weighted by molar-refractivity contribution is 6.30. The first-order chi connectivity index (χ1) is 6.91. The highest BCUT2D eigenvalue weighted by atomic mass is 35.5. The van der Waals surface area contributed by atoms with Crippen LogP contribution in [-0.4, -0.2) is 11.1 Å². The number of carboxylic acid groups (broad SMARTS) is 1. The Bertz CT molecular complexity index is 367. The highest BCUT2D eigenvalue weighted by Gasteiger charge is 2.13. The first-order valence-corrected chi connectivity index (χ1v) is 4.97. The normalized spacial score (nSPS) is 12.5. The maximum atomic E-state index is 13.2. The standard InChI is InChI=1S/C11H12ClFO2/c1-6(4-10(14)15)8-3-7(2)11(13)9(12)5-8/h3,5-6H,4H2,1-2H3,(H,14,15). The van der Waals surface area contributed by atoms with Gasteiger partial charge in [-0.3, -0.25) is 4.79 Å². The van der Waals surface area contributed by atoms with E-state index >= 15 is 0 Å². The summed E-state index contributed by atoms with van der Waals surface area (Å²) in [5, 5.41) is 8.68. The molecular weight excluding hydrogens is 219 g/mol. The third-order valence-electron chi connectivity index (χ3n) is 2.28. The summed E-state index contributed by atoms with van der Waals surface area (Å²) in [5.41, 5.74) is 1.19. The van der Waals surface area contributed by atoms with Crippen molar-refractivity contribution in [1.29, 1.82) is 0 Å². The number of hydrogen-bond acceptors (Lipinski definition) is 1. The van der Waals surface area contributed by atoms with Gasteiger partial charge in [-0.05, 0) is 30.0 Å². The second kappa shape index (κ2) is 4.62. The third kappa shape index (κ3) is 2.93. The van der Waals surface area contributed by atoms with Gasteiger partial charge in [0.05, 0.1) is 11.4 Å². The van der Waals surface area contributed by atoms with Crippen molar-refractivity contribution >= 4 is 17.6 Å². The van der Waals surface area contributed by atoms with E-state index in [0.29, 0.717) is 5.56 Å². The lowest BCUT2D eigenvalue weighted by Gasteiger charge is -2.11. The van der Waals surface area contributed by atoms with Crippen LogP contribution in [0.5, 0.6) is 0 Å². The zero-order valence-electron chi connectivity index (χ0n) is 8.55. The molecule has 1 unspecified atom stereocenters. The van der Waals surface area contributed by atoms with E-state index in [1.807, 2.05) is 0 Å². The summed E-state index contributed by atoms with van der Waals surface area (Å²) in [4.78, 5) is 10.5. The Morgan fingerprint density at radius 1 is 1.60 bits per heavy atom. The number of aryl methyl sites for hydroxylation is 1. The third-order valence-corrected chi connectivity index (χ3v) is 2.56. The van der Waals surface area contributed by atoms with Crippen molar-refractivity contribution in [3.05, 3.63) is 34.1 Å². The average Bonchev–Trinajstić information content (AvgIpc) is 2.12. The van der Waals surface area contributed by atoms with E-state index in [2.05, 4.69) is 0 Å². The van der Waals surface area contributed by atoms with E-state index in [9.17, 15) is 9.18 Å². The number of benzene rings is 1. The quantitative estimate of drug-likeness (QED) is 0.865. The summed E-state index contributed by atoms with van der Waals surface area (Å²) in [7, 11) is 0. The lowest BCUT2D eigenvalue weighted by molar-refractivity contribution is -0.137. The Morgan fingerprint density at radius 2 is 2.20 bits per heavy atom. The monoisotopic (exact) mass is 230 g/mol. The molecule has 0 saturated carbocycles. The van der Waals surface area contributed by atoms with Crippen LogP contribution >= 0.6 is 11.6 Å². The molecule has 0 aliphatic rings. The van der Waals surface area contributed by atoms with Crippen LogP contribution in [0.2, 0.25) is 5.02 Å². The molecule has 1 atom stereocenters. The van der Waals surface area contributed by atoms with Gasteiger partial charge in [0, 0.05) is 0 Å². The minimum atomic E-state index is -0.874. The van der Waals surface area contributed by atoms with Gasteiger partial charge in [-0.25, -0.2) is 4.39 Å². The number of aliphatic carboxylic acids is 1. The molecule has 0 aliphatic heterocycles. The maximum Gasteiger partial charge on any atom is 0.303 e. The fraction of sp³-hybridized carbons (Fsp3) is 0.364. The van der Waals surface area contributed by atoms with Gasteiger partial charge in [-0.15, -0.1) is 0 Å². The predicted octanol–water partition coefficient (Wildman–Crippen LogP) is 3.37. The molecule has 0 heterocycles. The molecule has 15 heavy (non-hydrogen) atoms. The first kappa shape index (κ1) is 12.0. The van der Waals surface area contributed by atoms with E-state index in [-0.39, 0.29) is 17.4 Å². The molecule has 1 aromatic carbocycles. The fourth-order valence-corrected chi connectivity index (χ4v) is 1.69. The van der Waals surface area contributed by atoms with E-state index in [1.165, 1.54) is 6.07 Å². The van der Waals surface area contributed by atoms with Crippen molar-refractivity contribution < 1.29 is 14.3 Å². The van der Waals surface area contributed by atoms with Gasteiger partial charge in [-0.1, -0.05) is 24.6 Å². The molecule has 82 valence electrons. The Kier molecular flexibility index (Phi) is 3.69. The van der Waals surface area contributed by atoms with Crippen LogP contribution < -0.4 is 0 Å². The van der Waals surface area contributed by atoms with Crippen molar-refractivity contribution in [1.82, 2.24) is 0 Å². The van der Waals surface area contributed by atoms with Gasteiger partial charge in [0.2, 0.25) is 0 Å². The zero-order valence-corrected chi connectivity index (χ0v) is 9.31. The molecule has 4 heteroatoms. The van der Waals surface area contributed by atoms with Gasteiger partial charge in [-0.2, -0.15) is 0 Å². The van der Waals surface area contributed by atoms with Crippen molar-refractivity contribution in [3.63, 3.8) is 0 Å². The Morgan fingerprint density at radius 3 is 2.67 bits per heavy atom. The lowest BCUT2D eigenvalue weighted by Crippen LogP contribution is -2.03. The molecule has 0 spiro atoms. The van der Waals surface area contributed by atoms with Crippen molar-refractivity contribution in [3.8, 4) is 0 Å². The molecule has 0 radical (unpaired) electrons. The van der Waals surface area contributed by atoms with Gasteiger partial charge < -0.3 is 5.11 Å². The minimum Gasteiger partial charge on any atom is -0.481 e. The molecule has 2 nitrogen and oxygen atoms in total. The summed E-state index contributed by atoms with van der Waals surface area (Å²) in [6.45, 7) is 3.38. The minimum absolute atomic E-state index is 0.0153. The number of rotatable bonds is 3. The number of hydrogen-bond donors (Lipinski definition) is 1. The van der Waals surface area contributed by atoms with Crippen molar-refractivity contribution in [2.24, 2.45) is 0 Å². The van der Waals surface area contributed by atoms with Crippen LogP contribution in [0.3, 0.4) is 0 Å². The Balaban J connectivity index is 3.00. The summed E-state index contributed by atoms with van der Waals surface area (Å²) < 4.78 is 13.2. The highest BCUT2D eigenvalue weighted by Crippen LogP contribution is 2.26. The second-order valence-corrected chi connectivity index (χ2v) is 4.04. The fourth-order valence-electron chi connectivity index (χ4n) is 1.42. The van der Waals surface area contributed by atoms with Gasteiger partial charge in [0.25, 0.3) is 0 Å². The Labute approximate surface area is 92.7 Å². The largest absolute Gasteiger partial charge is 0.481 e. The van der Waals surface area contributed by atoms with E-state index in [1.54, 1.807) is 19.9 Å².